The number of hydrogen-bond acceptors (Lipinski definition) is 4. The molecule has 0 bridgehead atoms. The van der Waals surface area contributed by atoms with E-state index >= 15 is 0 Å². The van der Waals surface area contributed by atoms with E-state index in [2.05, 4.69) is 29.7 Å². The summed E-state index contributed by atoms with van der Waals surface area (Å²) in [5.41, 5.74) is 0.981. The van der Waals surface area contributed by atoms with E-state index in [1.54, 1.807) is 7.11 Å². The Balaban J connectivity index is 1.73. The molecular formula is C19H31N3O3. The molecule has 140 valence electrons. The molecule has 0 atom stereocenters. The van der Waals surface area contributed by atoms with Crippen LogP contribution in [0.15, 0.2) is 35.3 Å². The largest absolute Gasteiger partial charge is 0.381 e. The van der Waals surface area contributed by atoms with Crippen LogP contribution in [0.4, 0.5) is 0 Å². The summed E-state index contributed by atoms with van der Waals surface area (Å²) in [4.78, 5) is 4.69. The van der Waals surface area contributed by atoms with E-state index in [1.165, 1.54) is 5.56 Å². The summed E-state index contributed by atoms with van der Waals surface area (Å²) in [6, 6.07) is 10.2. The van der Waals surface area contributed by atoms with Crippen molar-refractivity contribution in [1.29, 1.82) is 0 Å². The Hall–Kier alpha value is -1.63. The van der Waals surface area contributed by atoms with Crippen LogP contribution in [0.1, 0.15) is 25.3 Å². The van der Waals surface area contributed by atoms with E-state index in [-0.39, 0.29) is 5.60 Å². The molecule has 1 heterocycles. The van der Waals surface area contributed by atoms with Gasteiger partial charge in [0.05, 0.1) is 25.4 Å². The van der Waals surface area contributed by atoms with E-state index < -0.39 is 0 Å². The molecule has 0 aliphatic carbocycles. The van der Waals surface area contributed by atoms with Gasteiger partial charge in [-0.2, -0.15) is 0 Å². The van der Waals surface area contributed by atoms with Crippen molar-refractivity contribution in [1.82, 2.24) is 10.6 Å². The van der Waals surface area contributed by atoms with Crippen molar-refractivity contribution in [2.24, 2.45) is 4.99 Å². The third kappa shape index (κ3) is 7.02. The zero-order valence-electron chi connectivity index (χ0n) is 15.4. The molecule has 1 aliphatic rings. The first-order valence-electron chi connectivity index (χ1n) is 9.05. The Kier molecular flexibility index (Phi) is 8.72. The van der Waals surface area contributed by atoms with Gasteiger partial charge in [-0.25, -0.2) is 0 Å². The van der Waals surface area contributed by atoms with Gasteiger partial charge in [-0.1, -0.05) is 30.3 Å². The quantitative estimate of drug-likeness (QED) is 0.405. The van der Waals surface area contributed by atoms with Crippen LogP contribution in [0.2, 0.25) is 0 Å². The second-order valence-corrected chi connectivity index (χ2v) is 6.16. The third-order valence-corrected chi connectivity index (χ3v) is 4.36. The van der Waals surface area contributed by atoms with Crippen LogP contribution in [-0.4, -0.2) is 58.1 Å². The second-order valence-electron chi connectivity index (χ2n) is 6.16. The summed E-state index contributed by atoms with van der Waals surface area (Å²) in [6.45, 7) is 6.95. The standard InChI is InChI=1S/C19H31N3O3/c1-3-20-18(22-16-19(23-2)9-12-24-13-10-19)21-11-14-25-15-17-7-5-4-6-8-17/h4-8H,3,9-16H2,1-2H3,(H2,20,21,22). The van der Waals surface area contributed by atoms with Crippen molar-refractivity contribution < 1.29 is 14.2 Å². The number of benzene rings is 1. The molecule has 1 aromatic rings. The first-order chi connectivity index (χ1) is 12.3. The highest BCUT2D eigenvalue weighted by Gasteiger charge is 2.32. The van der Waals surface area contributed by atoms with Crippen molar-refractivity contribution >= 4 is 5.96 Å². The normalized spacial score (nSPS) is 17.3. The molecule has 6 nitrogen and oxygen atoms in total. The zero-order chi connectivity index (χ0) is 17.8. The van der Waals surface area contributed by atoms with Gasteiger partial charge >= 0.3 is 0 Å². The highest BCUT2D eigenvalue weighted by molar-refractivity contribution is 5.79. The average Bonchev–Trinajstić information content (AvgIpc) is 2.67. The fourth-order valence-corrected chi connectivity index (χ4v) is 2.74. The van der Waals surface area contributed by atoms with Crippen LogP contribution in [-0.2, 0) is 20.8 Å². The molecule has 0 unspecified atom stereocenters. The highest BCUT2D eigenvalue weighted by atomic mass is 16.5. The molecule has 2 rings (SSSR count). The molecule has 0 aromatic heterocycles. The lowest BCUT2D eigenvalue weighted by molar-refractivity contribution is -0.0828. The fraction of sp³-hybridized carbons (Fsp3) is 0.632. The smallest absolute Gasteiger partial charge is 0.191 e. The van der Waals surface area contributed by atoms with Crippen LogP contribution in [0.3, 0.4) is 0 Å². The fourth-order valence-electron chi connectivity index (χ4n) is 2.74. The number of aliphatic imine (C=N–C) groups is 1. The van der Waals surface area contributed by atoms with Crippen LogP contribution < -0.4 is 10.6 Å². The van der Waals surface area contributed by atoms with E-state index in [9.17, 15) is 0 Å². The molecule has 0 spiro atoms. The van der Waals surface area contributed by atoms with Crippen molar-refractivity contribution in [3.05, 3.63) is 35.9 Å². The Morgan fingerprint density at radius 2 is 1.96 bits per heavy atom. The number of nitrogens with one attached hydrogen (secondary N) is 2. The zero-order valence-corrected chi connectivity index (χ0v) is 15.4. The molecule has 0 amide bonds. The minimum absolute atomic E-state index is 0.204. The lowest BCUT2D eigenvalue weighted by Crippen LogP contribution is -2.44. The van der Waals surface area contributed by atoms with Gasteiger partial charge in [-0.3, -0.25) is 4.99 Å². The molecule has 1 saturated heterocycles. The Labute approximate surface area is 151 Å². The topological polar surface area (TPSA) is 64.1 Å². The average molecular weight is 349 g/mol. The summed E-state index contributed by atoms with van der Waals surface area (Å²) in [5, 5.41) is 6.58. The maximum absolute atomic E-state index is 5.73. The van der Waals surface area contributed by atoms with Gasteiger partial charge in [0, 0.05) is 46.3 Å². The maximum atomic E-state index is 5.73. The summed E-state index contributed by atoms with van der Waals surface area (Å²) in [6.07, 6.45) is 1.76. The van der Waals surface area contributed by atoms with Gasteiger partial charge in [0.25, 0.3) is 0 Å². The molecule has 25 heavy (non-hydrogen) atoms. The van der Waals surface area contributed by atoms with Gasteiger partial charge < -0.3 is 24.8 Å². The van der Waals surface area contributed by atoms with Crippen molar-refractivity contribution in [3.63, 3.8) is 0 Å². The molecular weight excluding hydrogens is 318 g/mol. The van der Waals surface area contributed by atoms with E-state index in [4.69, 9.17) is 19.2 Å². The number of ether oxygens (including phenoxy) is 3. The first-order valence-corrected chi connectivity index (χ1v) is 9.05. The molecule has 1 fully saturated rings. The van der Waals surface area contributed by atoms with E-state index in [0.717, 1.165) is 38.6 Å². The Morgan fingerprint density at radius 3 is 2.64 bits per heavy atom. The summed E-state index contributed by atoms with van der Waals surface area (Å²) >= 11 is 0. The number of methoxy groups -OCH3 is 1. The van der Waals surface area contributed by atoms with Crippen LogP contribution in [0.5, 0.6) is 0 Å². The van der Waals surface area contributed by atoms with E-state index in [1.807, 2.05) is 18.2 Å². The maximum Gasteiger partial charge on any atom is 0.191 e. The van der Waals surface area contributed by atoms with Gasteiger partial charge in [0.1, 0.15) is 0 Å². The molecule has 0 radical (unpaired) electrons. The lowest BCUT2D eigenvalue weighted by Gasteiger charge is -2.34. The van der Waals surface area contributed by atoms with Gasteiger partial charge in [-0.05, 0) is 12.5 Å². The molecule has 2 N–H and O–H groups in total. The summed E-state index contributed by atoms with van der Waals surface area (Å²) in [7, 11) is 1.76. The number of nitrogens with zero attached hydrogens (tertiary/aromatic N) is 1. The van der Waals surface area contributed by atoms with Gasteiger partial charge in [-0.15, -0.1) is 0 Å². The van der Waals surface area contributed by atoms with Crippen molar-refractivity contribution in [3.8, 4) is 0 Å². The monoisotopic (exact) mass is 349 g/mol. The van der Waals surface area contributed by atoms with E-state index in [0.29, 0.717) is 26.3 Å². The van der Waals surface area contributed by atoms with Crippen LogP contribution in [0, 0.1) is 0 Å². The van der Waals surface area contributed by atoms with Gasteiger partial charge in [0.15, 0.2) is 5.96 Å². The Bertz CT molecular complexity index is 502. The molecule has 1 aromatic carbocycles. The highest BCUT2D eigenvalue weighted by Crippen LogP contribution is 2.24. The van der Waals surface area contributed by atoms with Crippen LogP contribution >= 0.6 is 0 Å². The lowest BCUT2D eigenvalue weighted by atomic mass is 9.94. The molecule has 6 heteroatoms. The Morgan fingerprint density at radius 1 is 1.20 bits per heavy atom. The molecule has 1 aliphatic heterocycles. The SMILES string of the molecule is CCNC(=NCC1(OC)CCOCC1)NCCOCc1ccccc1. The van der Waals surface area contributed by atoms with Crippen molar-refractivity contribution in [2.45, 2.75) is 32.0 Å². The summed E-state index contributed by atoms with van der Waals surface area (Å²) < 4.78 is 16.9. The van der Waals surface area contributed by atoms with Gasteiger partial charge in [0.2, 0.25) is 0 Å². The number of rotatable bonds is 9. The number of guanidine groups is 1. The molecule has 0 saturated carbocycles. The predicted octanol–water partition coefficient (Wildman–Crippen LogP) is 1.95. The second kappa shape index (κ2) is 11.1. The van der Waals surface area contributed by atoms with Crippen LogP contribution in [0.25, 0.3) is 0 Å². The summed E-state index contributed by atoms with van der Waals surface area (Å²) in [5.74, 6) is 0.800. The minimum Gasteiger partial charge on any atom is -0.381 e. The first kappa shape index (κ1) is 19.7. The van der Waals surface area contributed by atoms with Crippen molar-refractivity contribution in [2.75, 3.05) is 46.6 Å². The minimum atomic E-state index is -0.204. The predicted molar refractivity (Wildman–Crippen MR) is 99.9 cm³/mol. The number of hydrogen-bond donors (Lipinski definition) is 2. The third-order valence-electron chi connectivity index (χ3n) is 4.36.